The average molecular weight is 459 g/mol. The van der Waals surface area contributed by atoms with Crippen molar-refractivity contribution in [3.05, 3.63) is 30.1 Å². The lowest BCUT2D eigenvalue weighted by Crippen LogP contribution is -2.43. The zero-order valence-electron chi connectivity index (χ0n) is 13.4. The van der Waals surface area contributed by atoms with Gasteiger partial charge in [-0.3, -0.25) is 4.99 Å². The minimum absolute atomic E-state index is 0. The number of guanidine groups is 1. The van der Waals surface area contributed by atoms with Crippen LogP contribution in [0.25, 0.3) is 0 Å². The zero-order valence-corrected chi connectivity index (χ0v) is 16.5. The van der Waals surface area contributed by atoms with Crippen LogP contribution in [0.3, 0.4) is 0 Å². The standard InChI is InChI=1S/C14H22FN3O3S.HI/c1-11(21-13-6-4-5-12(15)9-13)10-18-14(16-2)17-7-8-22(3,19)20;/h4-6,9,11H,7-8,10H2,1-3H3,(H2,16,17,18);1H. The summed E-state index contributed by atoms with van der Waals surface area (Å²) >= 11 is 0. The summed E-state index contributed by atoms with van der Waals surface area (Å²) in [5, 5.41) is 5.91. The first-order valence-electron chi connectivity index (χ1n) is 6.84. The number of nitrogens with one attached hydrogen (secondary N) is 2. The smallest absolute Gasteiger partial charge is 0.191 e. The third-order valence-electron chi connectivity index (χ3n) is 2.68. The minimum Gasteiger partial charge on any atom is -0.489 e. The highest BCUT2D eigenvalue weighted by atomic mass is 127. The van der Waals surface area contributed by atoms with E-state index in [4.69, 9.17) is 4.74 Å². The predicted octanol–water partition coefficient (Wildman–Crippen LogP) is 1.42. The van der Waals surface area contributed by atoms with Gasteiger partial charge in [0.15, 0.2) is 5.96 Å². The molecule has 1 aromatic rings. The summed E-state index contributed by atoms with van der Waals surface area (Å²) in [6.45, 7) is 2.55. The predicted molar refractivity (Wildman–Crippen MR) is 101 cm³/mol. The van der Waals surface area contributed by atoms with Crippen LogP contribution in [0.15, 0.2) is 29.3 Å². The third-order valence-corrected chi connectivity index (χ3v) is 3.62. The first-order valence-corrected chi connectivity index (χ1v) is 8.90. The molecule has 0 aliphatic rings. The van der Waals surface area contributed by atoms with Crippen LogP contribution >= 0.6 is 24.0 Å². The van der Waals surface area contributed by atoms with Crippen LogP contribution in [-0.4, -0.2) is 52.6 Å². The molecule has 132 valence electrons. The summed E-state index contributed by atoms with van der Waals surface area (Å²) in [6.07, 6.45) is 0.968. The van der Waals surface area contributed by atoms with Crippen LogP contribution in [0, 0.1) is 5.82 Å². The Labute approximate surface area is 153 Å². The van der Waals surface area contributed by atoms with E-state index in [1.165, 1.54) is 18.4 Å². The molecule has 0 heterocycles. The van der Waals surface area contributed by atoms with Crippen LogP contribution in [0.4, 0.5) is 4.39 Å². The Morgan fingerprint density at radius 1 is 1.39 bits per heavy atom. The molecule has 23 heavy (non-hydrogen) atoms. The van der Waals surface area contributed by atoms with Gasteiger partial charge in [0.1, 0.15) is 27.5 Å². The zero-order chi connectivity index (χ0) is 16.6. The second kappa shape index (κ2) is 10.6. The third kappa shape index (κ3) is 10.3. The molecule has 1 atom stereocenters. The van der Waals surface area contributed by atoms with E-state index in [0.717, 1.165) is 0 Å². The highest BCUT2D eigenvalue weighted by Gasteiger charge is 2.07. The monoisotopic (exact) mass is 459 g/mol. The Hall–Kier alpha value is -1.10. The molecule has 0 aliphatic heterocycles. The number of halogens is 2. The number of sulfone groups is 1. The summed E-state index contributed by atoms with van der Waals surface area (Å²) in [6, 6.07) is 5.92. The average Bonchev–Trinajstić information content (AvgIpc) is 2.41. The number of ether oxygens (including phenoxy) is 1. The lowest BCUT2D eigenvalue weighted by molar-refractivity contribution is 0.223. The SMILES string of the molecule is CN=C(NCCS(C)(=O)=O)NCC(C)Oc1cccc(F)c1.I. The Bertz CT molecular complexity index is 611. The molecule has 6 nitrogen and oxygen atoms in total. The van der Waals surface area contributed by atoms with Gasteiger partial charge in [-0.15, -0.1) is 24.0 Å². The lowest BCUT2D eigenvalue weighted by atomic mass is 10.3. The van der Waals surface area contributed by atoms with E-state index in [0.29, 0.717) is 18.3 Å². The van der Waals surface area contributed by atoms with Crippen LogP contribution in [0.1, 0.15) is 6.92 Å². The van der Waals surface area contributed by atoms with E-state index in [2.05, 4.69) is 15.6 Å². The fraction of sp³-hybridized carbons (Fsp3) is 0.500. The van der Waals surface area contributed by atoms with Gasteiger partial charge in [-0.25, -0.2) is 12.8 Å². The van der Waals surface area contributed by atoms with Gasteiger partial charge < -0.3 is 15.4 Å². The number of aliphatic imine (C=N–C) groups is 1. The summed E-state index contributed by atoms with van der Waals surface area (Å²) < 4.78 is 40.7. The number of hydrogen-bond acceptors (Lipinski definition) is 4. The topological polar surface area (TPSA) is 79.8 Å². The van der Waals surface area contributed by atoms with Crippen molar-refractivity contribution < 1.29 is 17.5 Å². The van der Waals surface area contributed by atoms with Crippen molar-refractivity contribution >= 4 is 39.8 Å². The van der Waals surface area contributed by atoms with Gasteiger partial charge in [0.05, 0.1) is 12.3 Å². The van der Waals surface area contributed by atoms with Crippen LogP contribution in [-0.2, 0) is 9.84 Å². The Balaban J connectivity index is 0.00000484. The van der Waals surface area contributed by atoms with E-state index in [1.54, 1.807) is 19.2 Å². The molecule has 1 unspecified atom stereocenters. The maximum atomic E-state index is 13.0. The first kappa shape index (κ1) is 21.9. The molecule has 0 saturated heterocycles. The van der Waals surface area contributed by atoms with Crippen molar-refractivity contribution in [2.75, 3.05) is 32.1 Å². The van der Waals surface area contributed by atoms with Crippen molar-refractivity contribution in [1.82, 2.24) is 10.6 Å². The molecule has 0 aliphatic carbocycles. The summed E-state index contributed by atoms with van der Waals surface area (Å²) in [4.78, 5) is 3.98. The summed E-state index contributed by atoms with van der Waals surface area (Å²) in [5.41, 5.74) is 0. The van der Waals surface area contributed by atoms with E-state index < -0.39 is 9.84 Å². The largest absolute Gasteiger partial charge is 0.489 e. The molecule has 0 fully saturated rings. The highest BCUT2D eigenvalue weighted by molar-refractivity contribution is 14.0. The normalized spacial score (nSPS) is 13.0. The van der Waals surface area contributed by atoms with Gasteiger partial charge in [0.25, 0.3) is 0 Å². The Morgan fingerprint density at radius 3 is 2.65 bits per heavy atom. The van der Waals surface area contributed by atoms with E-state index in [-0.39, 0.29) is 48.2 Å². The van der Waals surface area contributed by atoms with Crippen molar-refractivity contribution in [3.63, 3.8) is 0 Å². The molecule has 9 heteroatoms. The van der Waals surface area contributed by atoms with E-state index in [9.17, 15) is 12.8 Å². The molecular weight excluding hydrogens is 436 g/mol. The van der Waals surface area contributed by atoms with Gasteiger partial charge in [-0.05, 0) is 19.1 Å². The van der Waals surface area contributed by atoms with Crippen molar-refractivity contribution in [2.24, 2.45) is 4.99 Å². The summed E-state index contributed by atoms with van der Waals surface area (Å²) in [7, 11) is -1.42. The van der Waals surface area contributed by atoms with Gasteiger partial charge >= 0.3 is 0 Å². The maximum absolute atomic E-state index is 13.0. The maximum Gasteiger partial charge on any atom is 0.191 e. The first-order chi connectivity index (χ1) is 10.3. The van der Waals surface area contributed by atoms with Crippen LogP contribution in [0.5, 0.6) is 5.75 Å². The fourth-order valence-corrected chi connectivity index (χ4v) is 2.10. The van der Waals surface area contributed by atoms with Gasteiger partial charge in [-0.2, -0.15) is 0 Å². The molecule has 1 rings (SSSR count). The van der Waals surface area contributed by atoms with E-state index in [1.807, 2.05) is 6.92 Å². The van der Waals surface area contributed by atoms with Gasteiger partial charge in [0.2, 0.25) is 0 Å². The quantitative estimate of drug-likeness (QED) is 0.367. The van der Waals surface area contributed by atoms with Crippen molar-refractivity contribution in [2.45, 2.75) is 13.0 Å². The number of rotatable bonds is 7. The van der Waals surface area contributed by atoms with Crippen LogP contribution < -0.4 is 15.4 Å². The minimum atomic E-state index is -3.01. The van der Waals surface area contributed by atoms with E-state index >= 15 is 0 Å². The fourth-order valence-electron chi connectivity index (χ4n) is 1.63. The number of hydrogen-bond donors (Lipinski definition) is 2. The Kier molecular flexibility index (Phi) is 10.1. The highest BCUT2D eigenvalue weighted by Crippen LogP contribution is 2.13. The van der Waals surface area contributed by atoms with Gasteiger partial charge in [-0.1, -0.05) is 6.07 Å². The Morgan fingerprint density at radius 2 is 2.09 bits per heavy atom. The molecule has 2 N–H and O–H groups in total. The molecule has 0 saturated carbocycles. The second-order valence-corrected chi connectivity index (χ2v) is 7.16. The number of nitrogens with zero attached hydrogens (tertiary/aromatic N) is 1. The molecule has 0 bridgehead atoms. The summed E-state index contributed by atoms with van der Waals surface area (Å²) in [5.74, 6) is 0.617. The second-order valence-electron chi connectivity index (χ2n) is 4.90. The molecule has 0 spiro atoms. The molecule has 0 aromatic heterocycles. The van der Waals surface area contributed by atoms with Gasteiger partial charge in [0, 0.05) is 25.9 Å². The van der Waals surface area contributed by atoms with Crippen molar-refractivity contribution in [1.29, 1.82) is 0 Å². The molecular formula is C14H23FIN3O3S. The molecule has 0 radical (unpaired) electrons. The molecule has 0 amide bonds. The molecule has 1 aromatic carbocycles. The number of benzene rings is 1. The van der Waals surface area contributed by atoms with Crippen molar-refractivity contribution in [3.8, 4) is 5.75 Å². The lowest BCUT2D eigenvalue weighted by Gasteiger charge is -2.17. The van der Waals surface area contributed by atoms with Crippen LogP contribution in [0.2, 0.25) is 0 Å².